The summed E-state index contributed by atoms with van der Waals surface area (Å²) in [6.45, 7) is 0.265. The van der Waals surface area contributed by atoms with Gasteiger partial charge >= 0.3 is 11.9 Å². The molecule has 0 aliphatic rings. The summed E-state index contributed by atoms with van der Waals surface area (Å²) in [6.07, 6.45) is 0. The van der Waals surface area contributed by atoms with Crippen LogP contribution in [0.3, 0.4) is 0 Å². The average molecular weight is 403 g/mol. The third kappa shape index (κ3) is 4.85. The maximum atomic E-state index is 12.4. The van der Waals surface area contributed by atoms with Gasteiger partial charge in [0.05, 0.1) is 0 Å². The summed E-state index contributed by atoms with van der Waals surface area (Å²) in [5.41, 5.74) is 1.74. The molecule has 0 radical (unpaired) electrons. The summed E-state index contributed by atoms with van der Waals surface area (Å²) in [5, 5.41) is 0. The van der Waals surface area contributed by atoms with Crippen LogP contribution in [0.15, 0.2) is 60.7 Å². The number of ether oxygens (including phenoxy) is 2. The second-order valence-electron chi connectivity index (χ2n) is 5.24. The van der Waals surface area contributed by atoms with Gasteiger partial charge in [-0.3, -0.25) is 0 Å². The van der Waals surface area contributed by atoms with Gasteiger partial charge in [-0.1, -0.05) is 72.9 Å². The summed E-state index contributed by atoms with van der Waals surface area (Å²) in [7, 11) is 0. The summed E-state index contributed by atoms with van der Waals surface area (Å²) in [5.74, 6) is -1.14. The first-order chi connectivity index (χ1) is 12.6. The van der Waals surface area contributed by atoms with E-state index >= 15 is 0 Å². The van der Waals surface area contributed by atoms with Crippen LogP contribution in [0.2, 0.25) is 0 Å². The van der Waals surface area contributed by atoms with Crippen molar-refractivity contribution < 1.29 is 19.1 Å². The van der Waals surface area contributed by atoms with Gasteiger partial charge in [-0.25, -0.2) is 9.59 Å². The molecule has 4 nitrogen and oxygen atoms in total. The van der Waals surface area contributed by atoms with Gasteiger partial charge < -0.3 is 9.47 Å². The summed E-state index contributed by atoms with van der Waals surface area (Å²) >= 11 is 7.27. The van der Waals surface area contributed by atoms with Crippen molar-refractivity contribution in [3.05, 3.63) is 84.7 Å². The van der Waals surface area contributed by atoms with Crippen LogP contribution in [0.1, 0.15) is 30.5 Å². The zero-order chi connectivity index (χ0) is 18.4. The Labute approximate surface area is 163 Å². The Kier molecular flexibility index (Phi) is 6.27. The van der Waals surface area contributed by atoms with Crippen molar-refractivity contribution >= 4 is 46.8 Å². The van der Waals surface area contributed by atoms with Gasteiger partial charge in [0, 0.05) is 0 Å². The molecule has 7 heteroatoms. The lowest BCUT2D eigenvalue weighted by molar-refractivity contribution is 0.0434. The first-order valence-corrected chi connectivity index (χ1v) is 9.73. The van der Waals surface area contributed by atoms with Crippen molar-refractivity contribution in [3.63, 3.8) is 0 Å². The molecule has 3 rings (SSSR count). The van der Waals surface area contributed by atoms with Gasteiger partial charge in [-0.2, -0.15) is 0 Å². The van der Waals surface area contributed by atoms with Crippen LogP contribution in [0, 0.1) is 3.14 Å². The molecule has 0 N–H and O–H groups in total. The van der Waals surface area contributed by atoms with Gasteiger partial charge in [0.1, 0.15) is 26.1 Å². The van der Waals surface area contributed by atoms with Crippen LogP contribution < -0.4 is 0 Å². The Balaban J connectivity index is 1.67. The van der Waals surface area contributed by atoms with E-state index in [2.05, 4.69) is 0 Å². The van der Waals surface area contributed by atoms with Gasteiger partial charge in [0.15, 0.2) is 0 Å². The Bertz CT molecular complexity index is 870. The Morgan fingerprint density at radius 1 is 0.731 bits per heavy atom. The van der Waals surface area contributed by atoms with E-state index in [9.17, 15) is 9.59 Å². The zero-order valence-corrected chi connectivity index (χ0v) is 16.0. The fraction of sp³-hybridized carbons (Fsp3) is 0.105. The van der Waals surface area contributed by atoms with E-state index in [4.69, 9.17) is 21.7 Å². The second-order valence-corrected chi connectivity index (χ2v) is 8.46. The van der Waals surface area contributed by atoms with E-state index < -0.39 is 11.9 Å². The van der Waals surface area contributed by atoms with E-state index in [1.165, 1.54) is 0 Å². The van der Waals surface area contributed by atoms with Gasteiger partial charge in [-0.15, -0.1) is 22.7 Å². The smallest absolute Gasteiger partial charge is 0.350 e. The molecule has 0 unspecified atom stereocenters. The second kappa shape index (κ2) is 8.84. The fourth-order valence-electron chi connectivity index (χ4n) is 2.13. The number of hydrogen-bond donors (Lipinski definition) is 0. The van der Waals surface area contributed by atoms with Crippen molar-refractivity contribution in [2.24, 2.45) is 0 Å². The SMILES string of the molecule is O=C(OCc1ccccc1)c1sc(=S)sc1C(=O)OCc1ccccc1. The average Bonchev–Trinajstić information content (AvgIpc) is 3.08. The van der Waals surface area contributed by atoms with Gasteiger partial charge in [0.2, 0.25) is 0 Å². The van der Waals surface area contributed by atoms with Crippen LogP contribution in [0.5, 0.6) is 0 Å². The number of carbonyl (C=O) groups is 2. The fourth-order valence-corrected chi connectivity index (χ4v) is 4.51. The Morgan fingerprint density at radius 3 is 1.50 bits per heavy atom. The lowest BCUT2D eigenvalue weighted by atomic mass is 10.2. The lowest BCUT2D eigenvalue weighted by Gasteiger charge is -2.06. The van der Waals surface area contributed by atoms with E-state index in [1.807, 2.05) is 60.7 Å². The predicted molar refractivity (Wildman–Crippen MR) is 104 cm³/mol. The number of hydrogen-bond acceptors (Lipinski definition) is 7. The van der Waals surface area contributed by atoms with Crippen molar-refractivity contribution in [1.82, 2.24) is 0 Å². The standard InChI is InChI=1S/C19H14O4S3/c20-17(22-11-13-7-3-1-4-8-13)15-16(26-19(24)25-15)18(21)23-12-14-9-5-2-6-10-14/h1-10H,11-12H2. The molecule has 0 aliphatic heterocycles. The maximum absolute atomic E-state index is 12.4. The molecule has 0 saturated carbocycles. The predicted octanol–water partition coefficient (Wildman–Crippen LogP) is 5.25. The van der Waals surface area contributed by atoms with Crippen LogP contribution in [-0.4, -0.2) is 11.9 Å². The number of benzene rings is 2. The highest BCUT2D eigenvalue weighted by atomic mass is 32.2. The van der Waals surface area contributed by atoms with E-state index in [-0.39, 0.29) is 23.0 Å². The maximum Gasteiger partial charge on any atom is 0.350 e. The molecule has 1 heterocycles. The normalized spacial score (nSPS) is 10.3. The highest BCUT2D eigenvalue weighted by Crippen LogP contribution is 2.27. The van der Waals surface area contributed by atoms with Gasteiger partial charge in [-0.05, 0) is 11.1 Å². The van der Waals surface area contributed by atoms with Gasteiger partial charge in [0.25, 0.3) is 0 Å². The number of esters is 2. The molecule has 0 saturated heterocycles. The quantitative estimate of drug-likeness (QED) is 0.416. The number of rotatable bonds is 6. The van der Waals surface area contributed by atoms with Crippen molar-refractivity contribution in [2.75, 3.05) is 0 Å². The molecule has 0 amide bonds. The van der Waals surface area contributed by atoms with Crippen LogP contribution >= 0.6 is 34.9 Å². The molecule has 1 aromatic heterocycles. The number of carbonyl (C=O) groups excluding carboxylic acids is 2. The summed E-state index contributed by atoms with van der Waals surface area (Å²) < 4.78 is 11.1. The summed E-state index contributed by atoms with van der Waals surface area (Å²) in [4.78, 5) is 25.1. The molecule has 132 valence electrons. The molecule has 3 aromatic rings. The molecule has 0 atom stereocenters. The molecule has 0 fully saturated rings. The molecular formula is C19H14O4S3. The molecule has 26 heavy (non-hydrogen) atoms. The molecule has 0 bridgehead atoms. The minimum Gasteiger partial charge on any atom is -0.457 e. The monoisotopic (exact) mass is 402 g/mol. The third-order valence-electron chi connectivity index (χ3n) is 3.37. The van der Waals surface area contributed by atoms with Crippen molar-refractivity contribution in [3.8, 4) is 0 Å². The van der Waals surface area contributed by atoms with Crippen molar-refractivity contribution in [2.45, 2.75) is 13.2 Å². The van der Waals surface area contributed by atoms with Crippen LogP contribution in [0.25, 0.3) is 0 Å². The minimum atomic E-state index is -0.571. The first kappa shape index (κ1) is 18.4. The molecule has 2 aromatic carbocycles. The lowest BCUT2D eigenvalue weighted by Crippen LogP contribution is -2.10. The van der Waals surface area contributed by atoms with E-state index in [1.54, 1.807) is 0 Å². The first-order valence-electron chi connectivity index (χ1n) is 7.69. The largest absolute Gasteiger partial charge is 0.457 e. The highest BCUT2D eigenvalue weighted by molar-refractivity contribution is 7.76. The minimum absolute atomic E-state index is 0.132. The summed E-state index contributed by atoms with van der Waals surface area (Å²) in [6, 6.07) is 18.7. The highest BCUT2D eigenvalue weighted by Gasteiger charge is 2.23. The third-order valence-corrected chi connectivity index (χ3v) is 5.99. The van der Waals surface area contributed by atoms with E-state index in [0.29, 0.717) is 3.14 Å². The van der Waals surface area contributed by atoms with Crippen LogP contribution in [0.4, 0.5) is 0 Å². The molecular weight excluding hydrogens is 388 g/mol. The Morgan fingerprint density at radius 2 is 1.12 bits per heavy atom. The topological polar surface area (TPSA) is 52.6 Å². The molecule has 0 aliphatic carbocycles. The molecule has 0 spiro atoms. The van der Waals surface area contributed by atoms with Crippen molar-refractivity contribution in [1.29, 1.82) is 0 Å². The van der Waals surface area contributed by atoms with E-state index in [0.717, 1.165) is 33.8 Å². The van der Waals surface area contributed by atoms with Crippen LogP contribution in [-0.2, 0) is 22.7 Å². The zero-order valence-electron chi connectivity index (χ0n) is 13.5. The Hall–Kier alpha value is -2.35.